The summed E-state index contributed by atoms with van der Waals surface area (Å²) in [6, 6.07) is 3.69. The van der Waals surface area contributed by atoms with E-state index in [4.69, 9.17) is 9.47 Å². The van der Waals surface area contributed by atoms with Gasteiger partial charge < -0.3 is 14.6 Å². The average Bonchev–Trinajstić information content (AvgIpc) is 3.20. The molecule has 0 spiro atoms. The predicted molar refractivity (Wildman–Crippen MR) is 87.6 cm³/mol. The number of hydrogen-bond acceptors (Lipinski definition) is 7. The van der Waals surface area contributed by atoms with E-state index in [1.54, 1.807) is 19.1 Å². The molecule has 1 aromatic rings. The lowest BCUT2D eigenvalue weighted by atomic mass is 9.73. The Morgan fingerprint density at radius 3 is 2.62 bits per heavy atom. The number of nitro benzene ring substituents is 1. The van der Waals surface area contributed by atoms with Crippen LogP contribution in [0, 0.1) is 22.0 Å². The smallest absolute Gasteiger partial charge is 0.273 e. The van der Waals surface area contributed by atoms with Crippen LogP contribution < -0.4 is 9.64 Å². The molecule has 2 fully saturated rings. The first-order valence-corrected chi connectivity index (χ1v) is 7.99. The largest absolute Gasteiger partial charge is 0.494 e. The first-order valence-electron chi connectivity index (χ1n) is 7.99. The lowest BCUT2D eigenvalue weighted by Gasteiger charge is -2.27. The number of hydrogen-bond donors (Lipinski definition) is 1. The molecule has 2 bridgehead atoms. The minimum Gasteiger partial charge on any atom is -0.494 e. The maximum absolute atomic E-state index is 13.1. The number of benzene rings is 1. The Balaban J connectivity index is 1.81. The van der Waals surface area contributed by atoms with Crippen LogP contribution in [-0.4, -0.2) is 46.8 Å². The molecular formula is C17H16N2O7. The summed E-state index contributed by atoms with van der Waals surface area (Å²) in [4.78, 5) is 37.5. The summed E-state index contributed by atoms with van der Waals surface area (Å²) in [5, 5.41) is 20.8. The molecule has 9 heteroatoms. The summed E-state index contributed by atoms with van der Waals surface area (Å²) in [5.74, 6) is -2.57. The van der Waals surface area contributed by atoms with Crippen LogP contribution in [-0.2, 0) is 14.3 Å². The van der Waals surface area contributed by atoms with Gasteiger partial charge >= 0.3 is 0 Å². The number of methoxy groups -OCH3 is 1. The number of imide groups is 1. The lowest BCUT2D eigenvalue weighted by molar-refractivity contribution is -0.384. The fourth-order valence-electron chi connectivity index (χ4n) is 4.24. The summed E-state index contributed by atoms with van der Waals surface area (Å²) in [6.07, 6.45) is 3.34. The monoisotopic (exact) mass is 360 g/mol. The Kier molecular flexibility index (Phi) is 3.28. The molecule has 2 amide bonds. The molecule has 2 saturated heterocycles. The molecule has 0 aliphatic carbocycles. The Labute approximate surface area is 147 Å². The van der Waals surface area contributed by atoms with E-state index < -0.39 is 46.4 Å². The molecule has 9 nitrogen and oxygen atoms in total. The molecule has 0 aromatic heterocycles. The number of nitro groups is 1. The van der Waals surface area contributed by atoms with Crippen molar-refractivity contribution in [2.45, 2.75) is 18.1 Å². The third kappa shape index (κ3) is 1.86. The van der Waals surface area contributed by atoms with E-state index in [1.807, 2.05) is 0 Å². The van der Waals surface area contributed by atoms with Gasteiger partial charge in [-0.05, 0) is 13.0 Å². The maximum Gasteiger partial charge on any atom is 0.273 e. The number of carbonyl (C=O) groups excluding carboxylic acids is 2. The number of aliphatic hydroxyl groups is 1. The first kappa shape index (κ1) is 16.7. The van der Waals surface area contributed by atoms with Gasteiger partial charge in [-0.25, -0.2) is 4.90 Å². The Hall–Kier alpha value is -2.78. The molecule has 4 unspecified atom stereocenters. The Morgan fingerprint density at radius 1 is 1.31 bits per heavy atom. The molecule has 1 aromatic carbocycles. The van der Waals surface area contributed by atoms with Gasteiger partial charge in [-0.2, -0.15) is 0 Å². The highest BCUT2D eigenvalue weighted by Crippen LogP contribution is 2.58. The summed E-state index contributed by atoms with van der Waals surface area (Å²) >= 11 is 0. The van der Waals surface area contributed by atoms with Gasteiger partial charge in [-0.15, -0.1) is 0 Å². The van der Waals surface area contributed by atoms with Crippen molar-refractivity contribution in [1.29, 1.82) is 0 Å². The van der Waals surface area contributed by atoms with Gasteiger partial charge in [0.05, 0.1) is 47.8 Å². The second-order valence-corrected chi connectivity index (χ2v) is 6.81. The minimum atomic E-state index is -1.23. The number of amides is 2. The van der Waals surface area contributed by atoms with Crippen molar-refractivity contribution in [3.63, 3.8) is 0 Å². The molecule has 26 heavy (non-hydrogen) atoms. The van der Waals surface area contributed by atoms with Gasteiger partial charge in [0.1, 0.15) is 11.4 Å². The molecule has 3 heterocycles. The van der Waals surface area contributed by atoms with Crippen molar-refractivity contribution in [2.24, 2.45) is 11.8 Å². The molecule has 3 aliphatic rings. The zero-order valence-electron chi connectivity index (χ0n) is 14.0. The lowest BCUT2D eigenvalue weighted by Crippen LogP contribution is -2.43. The van der Waals surface area contributed by atoms with Crippen molar-refractivity contribution in [3.8, 4) is 5.75 Å². The SMILES string of the molecule is COc1cc([N+](=O)[O-])ccc1N1C(=O)C2C(C1=O)C1(CO)C=CC2(C)O1. The average molecular weight is 360 g/mol. The number of ether oxygens (including phenoxy) is 2. The van der Waals surface area contributed by atoms with Gasteiger partial charge in [-0.1, -0.05) is 12.2 Å². The predicted octanol–water partition coefficient (Wildman–Crippen LogP) is 0.799. The zero-order chi connectivity index (χ0) is 18.9. The van der Waals surface area contributed by atoms with Crippen molar-refractivity contribution in [2.75, 3.05) is 18.6 Å². The van der Waals surface area contributed by atoms with Gasteiger partial charge in [-0.3, -0.25) is 19.7 Å². The van der Waals surface area contributed by atoms with Crippen LogP contribution in [0.5, 0.6) is 5.75 Å². The number of nitrogens with zero attached hydrogens (tertiary/aromatic N) is 2. The number of anilines is 1. The van der Waals surface area contributed by atoms with Crippen LogP contribution in [0.1, 0.15) is 6.92 Å². The highest BCUT2D eigenvalue weighted by Gasteiger charge is 2.72. The first-order chi connectivity index (χ1) is 12.3. The van der Waals surface area contributed by atoms with Gasteiger partial charge in [0.15, 0.2) is 0 Å². The topological polar surface area (TPSA) is 119 Å². The van der Waals surface area contributed by atoms with Crippen LogP contribution in [0.3, 0.4) is 0 Å². The fourth-order valence-corrected chi connectivity index (χ4v) is 4.24. The molecule has 1 N–H and O–H groups in total. The van der Waals surface area contributed by atoms with Crippen molar-refractivity contribution >= 4 is 23.2 Å². The maximum atomic E-state index is 13.1. The van der Waals surface area contributed by atoms with E-state index in [1.165, 1.54) is 19.2 Å². The molecule has 3 aliphatic heterocycles. The second-order valence-electron chi connectivity index (χ2n) is 6.81. The molecule has 4 rings (SSSR count). The normalized spacial score (nSPS) is 34.5. The van der Waals surface area contributed by atoms with E-state index in [0.29, 0.717) is 0 Å². The van der Waals surface area contributed by atoms with Crippen molar-refractivity contribution in [3.05, 3.63) is 40.5 Å². The number of aliphatic hydroxyl groups excluding tert-OH is 1. The molecular weight excluding hydrogens is 344 g/mol. The molecule has 136 valence electrons. The van der Waals surface area contributed by atoms with Gasteiger partial charge in [0.2, 0.25) is 11.8 Å². The Bertz CT molecular complexity index is 882. The second kappa shape index (κ2) is 5.12. The number of carbonyl (C=O) groups is 2. The highest BCUT2D eigenvalue weighted by atomic mass is 16.6. The fraction of sp³-hybridized carbons (Fsp3) is 0.412. The van der Waals surface area contributed by atoms with Crippen LogP contribution in [0.25, 0.3) is 0 Å². The van der Waals surface area contributed by atoms with E-state index in [9.17, 15) is 24.8 Å². The number of rotatable bonds is 4. The molecule has 0 radical (unpaired) electrons. The van der Waals surface area contributed by atoms with Gasteiger partial charge in [0.25, 0.3) is 5.69 Å². The van der Waals surface area contributed by atoms with Crippen molar-refractivity contribution < 1.29 is 29.1 Å². The summed E-state index contributed by atoms with van der Waals surface area (Å²) in [7, 11) is 1.30. The van der Waals surface area contributed by atoms with Crippen LogP contribution in [0.15, 0.2) is 30.4 Å². The quantitative estimate of drug-likeness (QED) is 0.365. The summed E-state index contributed by atoms with van der Waals surface area (Å²) in [6.45, 7) is 1.28. The van der Waals surface area contributed by atoms with Gasteiger partial charge in [0, 0.05) is 6.07 Å². The zero-order valence-corrected chi connectivity index (χ0v) is 14.0. The molecule has 0 saturated carbocycles. The van der Waals surface area contributed by atoms with E-state index in [2.05, 4.69) is 0 Å². The van der Waals surface area contributed by atoms with Crippen LogP contribution >= 0.6 is 0 Å². The summed E-state index contributed by atoms with van der Waals surface area (Å²) < 4.78 is 11.0. The van der Waals surface area contributed by atoms with E-state index in [-0.39, 0.29) is 17.1 Å². The van der Waals surface area contributed by atoms with E-state index in [0.717, 1.165) is 11.0 Å². The third-order valence-electron chi connectivity index (χ3n) is 5.42. The van der Waals surface area contributed by atoms with Crippen LogP contribution in [0.2, 0.25) is 0 Å². The van der Waals surface area contributed by atoms with Crippen molar-refractivity contribution in [1.82, 2.24) is 0 Å². The summed E-state index contributed by atoms with van der Waals surface area (Å²) in [5.41, 5.74) is -2.29. The van der Waals surface area contributed by atoms with Crippen LogP contribution in [0.4, 0.5) is 11.4 Å². The standard InChI is InChI=1S/C17H16N2O7/c1-16-5-6-17(8-20,26-16)13-12(16)14(21)18(15(13)22)10-4-3-9(19(23)24)7-11(10)25-2/h3-7,12-13,20H,8H2,1-2H3. The minimum absolute atomic E-state index is 0.0466. The number of fused-ring (bicyclic) bond motifs is 5. The number of non-ortho nitro benzene ring substituents is 1. The van der Waals surface area contributed by atoms with E-state index >= 15 is 0 Å². The Morgan fingerprint density at radius 2 is 2.00 bits per heavy atom. The third-order valence-corrected chi connectivity index (χ3v) is 5.42. The highest BCUT2D eigenvalue weighted by molar-refractivity contribution is 6.24. The molecule has 4 atom stereocenters.